The van der Waals surface area contributed by atoms with E-state index in [4.69, 9.17) is 4.74 Å². The minimum absolute atomic E-state index is 0.0869. The van der Waals surface area contributed by atoms with E-state index in [0.29, 0.717) is 12.2 Å². The maximum Gasteiger partial charge on any atom is 0.267 e. The van der Waals surface area contributed by atoms with Crippen molar-refractivity contribution in [1.82, 2.24) is 10.3 Å². The average Bonchev–Trinajstić information content (AvgIpc) is 3.10. The van der Waals surface area contributed by atoms with Crippen molar-refractivity contribution in [3.8, 4) is 0 Å². The van der Waals surface area contributed by atoms with Crippen molar-refractivity contribution in [2.75, 3.05) is 31.2 Å². The molecule has 0 atom stereocenters. The second kappa shape index (κ2) is 7.22. The standard InChI is InChI=1S/C21H23N3O2/c1-15-2-7-19-17(12-15)13-20(23-19)21(25)22-14-16-3-5-18(6-4-16)24-8-10-26-11-9-24/h2-7,12-13,23H,8-11,14H2,1H3,(H,22,25). The van der Waals surface area contributed by atoms with E-state index in [1.807, 2.05) is 25.1 Å². The highest BCUT2D eigenvalue weighted by atomic mass is 16.5. The van der Waals surface area contributed by atoms with Crippen molar-refractivity contribution in [1.29, 1.82) is 0 Å². The highest BCUT2D eigenvalue weighted by Gasteiger charge is 2.12. The normalized spacial score (nSPS) is 14.6. The number of H-pyrrole nitrogens is 1. The van der Waals surface area contributed by atoms with E-state index in [0.717, 1.165) is 42.8 Å². The Morgan fingerprint density at radius 1 is 1.12 bits per heavy atom. The van der Waals surface area contributed by atoms with Crippen LogP contribution < -0.4 is 10.2 Å². The summed E-state index contributed by atoms with van der Waals surface area (Å²) in [4.78, 5) is 17.9. The number of aromatic nitrogens is 1. The third-order valence-electron chi connectivity index (χ3n) is 4.79. The number of hydrogen-bond donors (Lipinski definition) is 2. The zero-order valence-corrected chi connectivity index (χ0v) is 14.9. The molecule has 2 heterocycles. The molecular formula is C21H23N3O2. The van der Waals surface area contributed by atoms with Crippen LogP contribution in [-0.4, -0.2) is 37.2 Å². The van der Waals surface area contributed by atoms with Gasteiger partial charge in [-0.1, -0.05) is 23.8 Å². The molecule has 1 aliphatic rings. The first kappa shape index (κ1) is 16.7. The van der Waals surface area contributed by atoms with E-state index < -0.39 is 0 Å². The minimum Gasteiger partial charge on any atom is -0.378 e. The lowest BCUT2D eigenvalue weighted by molar-refractivity contribution is 0.0946. The zero-order chi connectivity index (χ0) is 17.9. The molecule has 1 fully saturated rings. The molecule has 134 valence electrons. The van der Waals surface area contributed by atoms with Crippen LogP contribution in [0.3, 0.4) is 0 Å². The number of aryl methyl sites for hydroxylation is 1. The van der Waals surface area contributed by atoms with E-state index in [1.54, 1.807) is 0 Å². The Bertz CT molecular complexity index is 909. The van der Waals surface area contributed by atoms with Gasteiger partial charge < -0.3 is 19.9 Å². The molecule has 0 unspecified atom stereocenters. The lowest BCUT2D eigenvalue weighted by Gasteiger charge is -2.28. The molecule has 2 N–H and O–H groups in total. The van der Waals surface area contributed by atoms with Gasteiger partial charge in [-0.25, -0.2) is 0 Å². The quantitative estimate of drug-likeness (QED) is 0.760. The van der Waals surface area contributed by atoms with Crippen molar-refractivity contribution >= 4 is 22.5 Å². The third kappa shape index (κ3) is 3.58. The maximum absolute atomic E-state index is 12.4. The number of ether oxygens (including phenoxy) is 1. The summed E-state index contributed by atoms with van der Waals surface area (Å²) >= 11 is 0. The number of hydrogen-bond acceptors (Lipinski definition) is 3. The summed E-state index contributed by atoms with van der Waals surface area (Å²) in [5.41, 5.74) is 5.05. The van der Waals surface area contributed by atoms with Gasteiger partial charge in [0.25, 0.3) is 5.91 Å². The molecule has 1 amide bonds. The van der Waals surface area contributed by atoms with E-state index in [2.05, 4.69) is 45.5 Å². The number of carbonyl (C=O) groups excluding carboxylic acids is 1. The van der Waals surface area contributed by atoms with Crippen LogP contribution >= 0.6 is 0 Å². The van der Waals surface area contributed by atoms with E-state index >= 15 is 0 Å². The van der Waals surface area contributed by atoms with Crippen molar-refractivity contribution < 1.29 is 9.53 Å². The molecule has 2 aromatic carbocycles. The van der Waals surface area contributed by atoms with Crippen LogP contribution in [0.4, 0.5) is 5.69 Å². The monoisotopic (exact) mass is 349 g/mol. The summed E-state index contributed by atoms with van der Waals surface area (Å²) < 4.78 is 5.39. The molecule has 3 aromatic rings. The number of amides is 1. The van der Waals surface area contributed by atoms with Crippen LogP contribution in [0, 0.1) is 6.92 Å². The molecular weight excluding hydrogens is 326 g/mol. The summed E-state index contributed by atoms with van der Waals surface area (Å²) in [5.74, 6) is -0.0869. The fourth-order valence-corrected chi connectivity index (χ4v) is 3.30. The van der Waals surface area contributed by atoms with E-state index in [1.165, 1.54) is 11.3 Å². The van der Waals surface area contributed by atoms with Gasteiger partial charge in [0.05, 0.1) is 13.2 Å². The molecule has 0 radical (unpaired) electrons. The van der Waals surface area contributed by atoms with Crippen LogP contribution in [0.25, 0.3) is 10.9 Å². The van der Waals surface area contributed by atoms with E-state index in [-0.39, 0.29) is 5.91 Å². The SMILES string of the molecule is Cc1ccc2[nH]c(C(=O)NCc3ccc(N4CCOCC4)cc3)cc2c1. The van der Waals surface area contributed by atoms with Gasteiger partial charge in [-0.2, -0.15) is 0 Å². The number of carbonyl (C=O) groups is 1. The Morgan fingerprint density at radius 3 is 2.65 bits per heavy atom. The Morgan fingerprint density at radius 2 is 1.88 bits per heavy atom. The number of morpholine rings is 1. The zero-order valence-electron chi connectivity index (χ0n) is 14.9. The molecule has 0 saturated carbocycles. The number of benzene rings is 2. The van der Waals surface area contributed by atoms with Crippen LogP contribution in [0.2, 0.25) is 0 Å². The first-order chi connectivity index (χ1) is 12.7. The van der Waals surface area contributed by atoms with Crippen LogP contribution in [-0.2, 0) is 11.3 Å². The average molecular weight is 349 g/mol. The van der Waals surface area contributed by atoms with Gasteiger partial charge in [-0.15, -0.1) is 0 Å². The predicted octanol–water partition coefficient (Wildman–Crippen LogP) is 3.24. The van der Waals surface area contributed by atoms with Crippen molar-refractivity contribution in [2.24, 2.45) is 0 Å². The Hall–Kier alpha value is -2.79. The summed E-state index contributed by atoms with van der Waals surface area (Å²) in [5, 5.41) is 4.05. The Balaban J connectivity index is 1.38. The number of fused-ring (bicyclic) bond motifs is 1. The first-order valence-corrected chi connectivity index (χ1v) is 8.98. The topological polar surface area (TPSA) is 57.4 Å². The minimum atomic E-state index is -0.0869. The van der Waals surface area contributed by atoms with Gasteiger partial charge >= 0.3 is 0 Å². The second-order valence-corrected chi connectivity index (χ2v) is 6.72. The molecule has 4 rings (SSSR count). The highest BCUT2D eigenvalue weighted by molar-refractivity contribution is 5.98. The molecule has 1 aromatic heterocycles. The largest absolute Gasteiger partial charge is 0.378 e. The maximum atomic E-state index is 12.4. The number of aromatic amines is 1. The number of anilines is 1. The summed E-state index contributed by atoms with van der Waals surface area (Å²) in [6, 6.07) is 16.4. The van der Waals surface area contributed by atoms with Gasteiger partial charge in [-0.3, -0.25) is 4.79 Å². The summed E-state index contributed by atoms with van der Waals surface area (Å²) in [7, 11) is 0. The molecule has 5 heteroatoms. The lowest BCUT2D eigenvalue weighted by atomic mass is 10.2. The van der Waals surface area contributed by atoms with Gasteiger partial charge in [0, 0.05) is 36.2 Å². The van der Waals surface area contributed by atoms with Gasteiger partial charge in [-0.05, 0) is 42.8 Å². The van der Waals surface area contributed by atoms with Crippen LogP contribution in [0.1, 0.15) is 21.6 Å². The predicted molar refractivity (Wildman–Crippen MR) is 104 cm³/mol. The van der Waals surface area contributed by atoms with Crippen molar-refractivity contribution in [3.05, 3.63) is 65.4 Å². The van der Waals surface area contributed by atoms with Crippen LogP contribution in [0.15, 0.2) is 48.5 Å². The molecule has 0 spiro atoms. The second-order valence-electron chi connectivity index (χ2n) is 6.72. The molecule has 1 aliphatic heterocycles. The van der Waals surface area contributed by atoms with Gasteiger partial charge in [0.2, 0.25) is 0 Å². The van der Waals surface area contributed by atoms with E-state index in [9.17, 15) is 4.79 Å². The fourth-order valence-electron chi connectivity index (χ4n) is 3.30. The van der Waals surface area contributed by atoms with Crippen LogP contribution in [0.5, 0.6) is 0 Å². The highest BCUT2D eigenvalue weighted by Crippen LogP contribution is 2.18. The summed E-state index contributed by atoms with van der Waals surface area (Å²) in [6.07, 6.45) is 0. The fraction of sp³-hybridized carbons (Fsp3) is 0.286. The number of nitrogens with one attached hydrogen (secondary N) is 2. The lowest BCUT2D eigenvalue weighted by Crippen LogP contribution is -2.36. The Kier molecular flexibility index (Phi) is 4.63. The Labute approximate surface area is 153 Å². The van der Waals surface area contributed by atoms with Gasteiger partial charge in [0.15, 0.2) is 0 Å². The smallest absolute Gasteiger partial charge is 0.267 e. The molecule has 5 nitrogen and oxygen atoms in total. The molecule has 0 aliphatic carbocycles. The molecule has 1 saturated heterocycles. The third-order valence-corrected chi connectivity index (χ3v) is 4.79. The number of rotatable bonds is 4. The summed E-state index contributed by atoms with van der Waals surface area (Å²) in [6.45, 7) is 5.97. The molecule has 0 bridgehead atoms. The molecule has 26 heavy (non-hydrogen) atoms. The van der Waals surface area contributed by atoms with Crippen molar-refractivity contribution in [2.45, 2.75) is 13.5 Å². The van der Waals surface area contributed by atoms with Crippen molar-refractivity contribution in [3.63, 3.8) is 0 Å². The van der Waals surface area contributed by atoms with Gasteiger partial charge in [0.1, 0.15) is 5.69 Å². The first-order valence-electron chi connectivity index (χ1n) is 8.98. The number of nitrogens with zero attached hydrogens (tertiary/aromatic N) is 1.